The van der Waals surface area contributed by atoms with E-state index in [9.17, 15) is 8.78 Å². The fourth-order valence-electron chi connectivity index (χ4n) is 0.948. The van der Waals surface area contributed by atoms with Gasteiger partial charge in [-0.05, 0) is 6.07 Å². The SMILES string of the molecule is NCc1nccc(N)c1C(F)F. The summed E-state index contributed by atoms with van der Waals surface area (Å²) in [6.07, 6.45) is -1.25. The summed E-state index contributed by atoms with van der Waals surface area (Å²) >= 11 is 0. The molecule has 0 fully saturated rings. The van der Waals surface area contributed by atoms with Gasteiger partial charge in [-0.25, -0.2) is 8.78 Å². The van der Waals surface area contributed by atoms with Gasteiger partial charge in [0.05, 0.1) is 11.3 Å². The Hall–Kier alpha value is -1.23. The van der Waals surface area contributed by atoms with Crippen LogP contribution in [0, 0.1) is 0 Å². The van der Waals surface area contributed by atoms with Crippen LogP contribution in [0.5, 0.6) is 0 Å². The molecule has 12 heavy (non-hydrogen) atoms. The number of nitrogens with two attached hydrogens (primary N) is 2. The van der Waals surface area contributed by atoms with Crippen molar-refractivity contribution in [1.82, 2.24) is 4.98 Å². The molecule has 1 rings (SSSR count). The standard InChI is InChI=1S/C7H9F2N3/c8-7(9)6-4(11)1-2-12-5(6)3-10/h1-2,7H,3,10H2,(H2,11,12). The van der Waals surface area contributed by atoms with Gasteiger partial charge in [-0.3, -0.25) is 4.98 Å². The molecule has 0 aliphatic heterocycles. The Bertz CT molecular complexity index is 275. The number of aromatic nitrogens is 1. The van der Waals surface area contributed by atoms with E-state index >= 15 is 0 Å². The lowest BCUT2D eigenvalue weighted by atomic mass is 10.1. The molecule has 3 nitrogen and oxygen atoms in total. The number of hydrogen-bond donors (Lipinski definition) is 2. The van der Waals surface area contributed by atoms with Gasteiger partial charge in [0, 0.05) is 18.4 Å². The number of nitrogens with zero attached hydrogens (tertiary/aromatic N) is 1. The van der Waals surface area contributed by atoms with Crippen molar-refractivity contribution in [3.05, 3.63) is 23.5 Å². The van der Waals surface area contributed by atoms with Crippen LogP contribution in [0.2, 0.25) is 0 Å². The normalized spacial score (nSPS) is 10.7. The molecule has 0 atom stereocenters. The van der Waals surface area contributed by atoms with Crippen LogP contribution in [0.1, 0.15) is 17.7 Å². The second-order valence-corrected chi connectivity index (χ2v) is 2.27. The maximum Gasteiger partial charge on any atom is 0.267 e. The lowest BCUT2D eigenvalue weighted by molar-refractivity contribution is 0.150. The van der Waals surface area contributed by atoms with Crippen LogP contribution in [-0.2, 0) is 6.54 Å². The van der Waals surface area contributed by atoms with Crippen molar-refractivity contribution in [3.63, 3.8) is 0 Å². The third-order valence-electron chi connectivity index (χ3n) is 1.52. The lowest BCUT2D eigenvalue weighted by Gasteiger charge is -2.07. The minimum atomic E-state index is -2.61. The first-order valence-corrected chi connectivity index (χ1v) is 3.38. The molecule has 0 spiro atoms. The fraction of sp³-hybridized carbons (Fsp3) is 0.286. The van der Waals surface area contributed by atoms with Crippen LogP contribution in [-0.4, -0.2) is 4.98 Å². The van der Waals surface area contributed by atoms with Gasteiger partial charge in [-0.15, -0.1) is 0 Å². The third kappa shape index (κ3) is 1.50. The molecule has 0 aliphatic rings. The Balaban J connectivity index is 3.20. The van der Waals surface area contributed by atoms with E-state index < -0.39 is 6.43 Å². The van der Waals surface area contributed by atoms with Gasteiger partial charge in [0.15, 0.2) is 0 Å². The first kappa shape index (κ1) is 8.86. The predicted octanol–water partition coefficient (Wildman–Crippen LogP) is 1.06. The average molecular weight is 173 g/mol. The predicted molar refractivity (Wildman–Crippen MR) is 41.5 cm³/mol. The quantitative estimate of drug-likeness (QED) is 0.702. The summed E-state index contributed by atoms with van der Waals surface area (Å²) in [5.74, 6) is 0. The highest BCUT2D eigenvalue weighted by molar-refractivity contribution is 5.48. The minimum absolute atomic E-state index is 0.0231. The van der Waals surface area contributed by atoms with Gasteiger partial charge in [0.1, 0.15) is 0 Å². The number of pyridine rings is 1. The maximum atomic E-state index is 12.3. The highest BCUT2D eigenvalue weighted by atomic mass is 19.3. The van der Waals surface area contributed by atoms with Crippen molar-refractivity contribution < 1.29 is 8.78 Å². The van der Waals surface area contributed by atoms with E-state index in [0.717, 1.165) is 0 Å². The molecule has 4 N–H and O–H groups in total. The second-order valence-electron chi connectivity index (χ2n) is 2.27. The molecule has 0 aromatic carbocycles. The van der Waals surface area contributed by atoms with Gasteiger partial charge < -0.3 is 11.5 Å². The van der Waals surface area contributed by atoms with Crippen molar-refractivity contribution >= 4 is 5.69 Å². The van der Waals surface area contributed by atoms with Crippen molar-refractivity contribution in [2.24, 2.45) is 5.73 Å². The van der Waals surface area contributed by atoms with Crippen molar-refractivity contribution in [2.45, 2.75) is 13.0 Å². The van der Waals surface area contributed by atoms with E-state index in [1.165, 1.54) is 12.3 Å². The second kappa shape index (κ2) is 3.44. The Morgan fingerprint density at radius 1 is 1.50 bits per heavy atom. The van der Waals surface area contributed by atoms with E-state index in [2.05, 4.69) is 4.98 Å². The molecule has 1 aromatic heterocycles. The Morgan fingerprint density at radius 2 is 2.17 bits per heavy atom. The number of halogens is 2. The summed E-state index contributed by atoms with van der Waals surface area (Å²) < 4.78 is 24.6. The van der Waals surface area contributed by atoms with Crippen LogP contribution in [0.15, 0.2) is 12.3 Å². The van der Waals surface area contributed by atoms with Gasteiger partial charge in [0.25, 0.3) is 6.43 Å². The van der Waals surface area contributed by atoms with Crippen molar-refractivity contribution in [3.8, 4) is 0 Å². The fourth-order valence-corrected chi connectivity index (χ4v) is 0.948. The molecule has 0 radical (unpaired) electrons. The highest BCUT2D eigenvalue weighted by Gasteiger charge is 2.15. The van der Waals surface area contributed by atoms with E-state index in [1.807, 2.05) is 0 Å². The van der Waals surface area contributed by atoms with Crippen molar-refractivity contribution in [2.75, 3.05) is 5.73 Å². The molecule has 66 valence electrons. The monoisotopic (exact) mass is 173 g/mol. The summed E-state index contributed by atoms with van der Waals surface area (Å²) in [5, 5.41) is 0. The number of anilines is 1. The molecule has 0 saturated heterocycles. The Kier molecular flexibility index (Phi) is 2.54. The largest absolute Gasteiger partial charge is 0.398 e. The number of hydrogen-bond acceptors (Lipinski definition) is 3. The van der Waals surface area contributed by atoms with E-state index in [-0.39, 0.29) is 23.5 Å². The summed E-state index contributed by atoms with van der Waals surface area (Å²) in [6.45, 7) is -0.0231. The number of rotatable bonds is 2. The average Bonchev–Trinajstić information content (AvgIpc) is 2.03. The summed E-state index contributed by atoms with van der Waals surface area (Å²) in [4.78, 5) is 3.69. The number of alkyl halides is 2. The van der Waals surface area contributed by atoms with Crippen LogP contribution >= 0.6 is 0 Å². The number of nitrogen functional groups attached to an aromatic ring is 1. The van der Waals surface area contributed by atoms with Gasteiger partial charge in [0.2, 0.25) is 0 Å². The van der Waals surface area contributed by atoms with E-state index in [4.69, 9.17) is 11.5 Å². The smallest absolute Gasteiger partial charge is 0.267 e. The molecule has 5 heteroatoms. The molecule has 0 unspecified atom stereocenters. The molecule has 0 bridgehead atoms. The maximum absolute atomic E-state index is 12.3. The first-order chi connectivity index (χ1) is 5.66. The molecular formula is C7H9F2N3. The molecule has 0 aliphatic carbocycles. The molecule has 1 aromatic rings. The topological polar surface area (TPSA) is 64.9 Å². The highest BCUT2D eigenvalue weighted by Crippen LogP contribution is 2.26. The molecular weight excluding hydrogens is 164 g/mol. The van der Waals surface area contributed by atoms with Crippen LogP contribution in [0.25, 0.3) is 0 Å². The summed E-state index contributed by atoms with van der Waals surface area (Å²) in [5.41, 5.74) is 10.5. The molecule has 1 heterocycles. The Morgan fingerprint density at radius 3 is 2.58 bits per heavy atom. The van der Waals surface area contributed by atoms with E-state index in [0.29, 0.717) is 0 Å². The zero-order valence-electron chi connectivity index (χ0n) is 6.30. The first-order valence-electron chi connectivity index (χ1n) is 3.38. The summed E-state index contributed by atoms with van der Waals surface area (Å²) in [7, 11) is 0. The van der Waals surface area contributed by atoms with Crippen molar-refractivity contribution in [1.29, 1.82) is 0 Å². The lowest BCUT2D eigenvalue weighted by Crippen LogP contribution is -2.07. The zero-order valence-corrected chi connectivity index (χ0v) is 6.30. The van der Waals surface area contributed by atoms with Gasteiger partial charge >= 0.3 is 0 Å². The summed E-state index contributed by atoms with van der Waals surface area (Å²) in [6, 6.07) is 1.33. The Labute approximate surface area is 68.4 Å². The molecule has 0 amide bonds. The zero-order chi connectivity index (χ0) is 9.14. The molecule has 0 saturated carbocycles. The van der Waals surface area contributed by atoms with Gasteiger partial charge in [-0.2, -0.15) is 0 Å². The van der Waals surface area contributed by atoms with E-state index in [1.54, 1.807) is 0 Å². The van der Waals surface area contributed by atoms with Gasteiger partial charge in [-0.1, -0.05) is 0 Å². The van der Waals surface area contributed by atoms with Crippen LogP contribution in [0.3, 0.4) is 0 Å². The third-order valence-corrected chi connectivity index (χ3v) is 1.52. The minimum Gasteiger partial charge on any atom is -0.398 e. The van der Waals surface area contributed by atoms with Crippen LogP contribution in [0.4, 0.5) is 14.5 Å². The van der Waals surface area contributed by atoms with Crippen LogP contribution < -0.4 is 11.5 Å².